The molecule has 0 saturated heterocycles. The van der Waals surface area contributed by atoms with Crippen molar-refractivity contribution in [2.24, 2.45) is 0 Å². The molecule has 1 aromatic heterocycles. The second kappa shape index (κ2) is 4.77. The lowest BCUT2D eigenvalue weighted by Gasteiger charge is -2.28. The summed E-state index contributed by atoms with van der Waals surface area (Å²) in [7, 11) is 1.61. The van der Waals surface area contributed by atoms with E-state index in [1.165, 1.54) is 0 Å². The van der Waals surface area contributed by atoms with E-state index in [1.807, 2.05) is 31.6 Å². The molecule has 1 N–H and O–H groups in total. The third-order valence-electron chi connectivity index (χ3n) is 2.77. The molecule has 0 spiro atoms. The molecule has 4 nitrogen and oxygen atoms in total. The van der Waals surface area contributed by atoms with Gasteiger partial charge in [-0.3, -0.25) is 4.68 Å². The van der Waals surface area contributed by atoms with Crippen LogP contribution >= 0.6 is 0 Å². The summed E-state index contributed by atoms with van der Waals surface area (Å²) in [6.45, 7) is 6.64. The first-order valence-corrected chi connectivity index (χ1v) is 5.24. The monoisotopic (exact) mass is 212 g/mol. The van der Waals surface area contributed by atoms with Crippen molar-refractivity contribution in [3.63, 3.8) is 0 Å². The van der Waals surface area contributed by atoms with Crippen LogP contribution in [0.5, 0.6) is 0 Å². The van der Waals surface area contributed by atoms with Crippen LogP contribution in [0, 0.1) is 0 Å². The number of hydrogen-bond acceptors (Lipinski definition) is 3. The number of rotatable bonds is 5. The molecule has 0 aliphatic rings. The highest BCUT2D eigenvalue weighted by Crippen LogP contribution is 2.17. The van der Waals surface area contributed by atoms with Gasteiger partial charge in [0.2, 0.25) is 0 Å². The zero-order valence-corrected chi connectivity index (χ0v) is 9.90. The molecule has 0 amide bonds. The Hall–Kier alpha value is -0.870. The van der Waals surface area contributed by atoms with Crippen LogP contribution in [-0.2, 0) is 17.7 Å². The van der Waals surface area contributed by atoms with Gasteiger partial charge in [-0.05, 0) is 26.3 Å². The third kappa shape index (κ3) is 3.04. The van der Waals surface area contributed by atoms with Gasteiger partial charge in [0.25, 0.3) is 0 Å². The third-order valence-corrected chi connectivity index (χ3v) is 2.77. The van der Waals surface area contributed by atoms with Crippen LogP contribution in [-0.4, -0.2) is 33.7 Å². The van der Waals surface area contributed by atoms with E-state index in [0.29, 0.717) is 6.42 Å². The van der Waals surface area contributed by atoms with Crippen molar-refractivity contribution in [2.45, 2.75) is 45.4 Å². The lowest BCUT2D eigenvalue weighted by Crippen LogP contribution is -2.39. The van der Waals surface area contributed by atoms with Gasteiger partial charge in [0.05, 0.1) is 17.9 Å². The second-order valence-electron chi connectivity index (χ2n) is 4.23. The minimum atomic E-state index is -0.520. The molecule has 1 unspecified atom stereocenters. The smallest absolute Gasteiger partial charge is 0.0883 e. The van der Waals surface area contributed by atoms with Gasteiger partial charge in [-0.15, -0.1) is 0 Å². The first-order chi connectivity index (χ1) is 6.99. The van der Waals surface area contributed by atoms with Crippen molar-refractivity contribution < 1.29 is 9.84 Å². The van der Waals surface area contributed by atoms with Crippen molar-refractivity contribution in [1.29, 1.82) is 0 Å². The van der Waals surface area contributed by atoms with Crippen LogP contribution in [0.3, 0.4) is 0 Å². The zero-order valence-electron chi connectivity index (χ0n) is 9.90. The minimum Gasteiger partial charge on any atom is -0.390 e. The van der Waals surface area contributed by atoms with E-state index in [4.69, 9.17) is 4.74 Å². The number of aliphatic hydroxyl groups is 1. The van der Waals surface area contributed by atoms with E-state index < -0.39 is 11.7 Å². The van der Waals surface area contributed by atoms with Crippen molar-refractivity contribution in [3.05, 3.63) is 18.0 Å². The van der Waals surface area contributed by atoms with Gasteiger partial charge in [0.1, 0.15) is 0 Å². The quantitative estimate of drug-likeness (QED) is 0.798. The molecule has 0 aliphatic heterocycles. The number of ether oxygens (including phenoxy) is 1. The van der Waals surface area contributed by atoms with Crippen LogP contribution in [0.1, 0.15) is 26.3 Å². The molecule has 15 heavy (non-hydrogen) atoms. The summed E-state index contributed by atoms with van der Waals surface area (Å²) in [5.41, 5.74) is 0.517. The highest BCUT2D eigenvalue weighted by atomic mass is 16.5. The molecule has 1 atom stereocenters. The molecule has 0 aliphatic carbocycles. The number of aryl methyl sites for hydroxylation is 1. The first-order valence-electron chi connectivity index (χ1n) is 5.24. The topological polar surface area (TPSA) is 47.3 Å². The molecule has 0 aromatic carbocycles. The predicted octanol–water partition coefficient (Wildman–Crippen LogP) is 1.23. The van der Waals surface area contributed by atoms with Crippen LogP contribution in [0.25, 0.3) is 0 Å². The standard InChI is InChI=1S/C11H20N2O2/c1-5-13-8-9(7-12-13)6-10(14)11(2,3)15-4/h7-8,10,14H,5-6H2,1-4H3. The first kappa shape index (κ1) is 12.2. The summed E-state index contributed by atoms with van der Waals surface area (Å²) in [5.74, 6) is 0. The Kier molecular flexibility index (Phi) is 3.88. The molecule has 4 heteroatoms. The second-order valence-corrected chi connectivity index (χ2v) is 4.23. The summed E-state index contributed by atoms with van der Waals surface area (Å²) in [5, 5.41) is 14.1. The number of nitrogens with zero attached hydrogens (tertiary/aromatic N) is 2. The van der Waals surface area contributed by atoms with E-state index in [-0.39, 0.29) is 0 Å². The SMILES string of the molecule is CCn1cc(CC(O)C(C)(C)OC)cn1. The van der Waals surface area contributed by atoms with Gasteiger partial charge < -0.3 is 9.84 Å². The Morgan fingerprint density at radius 3 is 2.73 bits per heavy atom. The number of hydrogen-bond donors (Lipinski definition) is 1. The summed E-state index contributed by atoms with van der Waals surface area (Å²) in [6.07, 6.45) is 3.80. The van der Waals surface area contributed by atoms with Crippen molar-refractivity contribution in [3.8, 4) is 0 Å². The molecule has 0 saturated carbocycles. The maximum Gasteiger partial charge on any atom is 0.0883 e. The molecule has 86 valence electrons. The largest absolute Gasteiger partial charge is 0.390 e. The minimum absolute atomic E-state index is 0.517. The lowest BCUT2D eigenvalue weighted by atomic mass is 9.96. The lowest BCUT2D eigenvalue weighted by molar-refractivity contribution is -0.0765. The van der Waals surface area contributed by atoms with Gasteiger partial charge in [-0.2, -0.15) is 5.10 Å². The van der Waals surface area contributed by atoms with Gasteiger partial charge in [-0.25, -0.2) is 0 Å². The fraction of sp³-hybridized carbons (Fsp3) is 0.727. The molecular formula is C11H20N2O2. The molecule has 0 radical (unpaired) electrons. The number of aromatic nitrogens is 2. The van der Waals surface area contributed by atoms with E-state index in [9.17, 15) is 5.11 Å². The summed E-state index contributed by atoms with van der Waals surface area (Å²) < 4.78 is 7.08. The predicted molar refractivity (Wildman–Crippen MR) is 58.7 cm³/mol. The fourth-order valence-electron chi connectivity index (χ4n) is 1.29. The average molecular weight is 212 g/mol. The van der Waals surface area contributed by atoms with Crippen LogP contribution < -0.4 is 0 Å². The molecule has 0 bridgehead atoms. The summed E-state index contributed by atoms with van der Waals surface area (Å²) >= 11 is 0. The van der Waals surface area contributed by atoms with Gasteiger partial charge in [0, 0.05) is 26.3 Å². The molecular weight excluding hydrogens is 192 g/mol. The Morgan fingerprint density at radius 1 is 1.60 bits per heavy atom. The van der Waals surface area contributed by atoms with Crippen molar-refractivity contribution in [1.82, 2.24) is 9.78 Å². The van der Waals surface area contributed by atoms with Gasteiger partial charge in [0.15, 0.2) is 0 Å². The Morgan fingerprint density at radius 2 is 2.27 bits per heavy atom. The van der Waals surface area contributed by atoms with Gasteiger partial charge in [-0.1, -0.05) is 0 Å². The van der Waals surface area contributed by atoms with Crippen LogP contribution in [0.15, 0.2) is 12.4 Å². The number of methoxy groups -OCH3 is 1. The fourth-order valence-corrected chi connectivity index (χ4v) is 1.29. The molecule has 1 aromatic rings. The van der Waals surface area contributed by atoms with Crippen LogP contribution in [0.2, 0.25) is 0 Å². The zero-order chi connectivity index (χ0) is 11.5. The normalized spacial score (nSPS) is 14.2. The average Bonchev–Trinajstić information content (AvgIpc) is 2.65. The summed E-state index contributed by atoms with van der Waals surface area (Å²) in [6, 6.07) is 0. The van der Waals surface area contributed by atoms with E-state index in [2.05, 4.69) is 5.10 Å². The number of aliphatic hydroxyl groups excluding tert-OH is 1. The maximum absolute atomic E-state index is 9.95. The highest BCUT2D eigenvalue weighted by molar-refractivity contribution is 5.07. The van der Waals surface area contributed by atoms with Crippen LogP contribution in [0.4, 0.5) is 0 Å². The van der Waals surface area contributed by atoms with Gasteiger partial charge >= 0.3 is 0 Å². The molecule has 1 heterocycles. The maximum atomic E-state index is 9.95. The summed E-state index contributed by atoms with van der Waals surface area (Å²) in [4.78, 5) is 0. The molecule has 1 rings (SSSR count). The Balaban J connectivity index is 2.61. The van der Waals surface area contributed by atoms with E-state index in [0.717, 1.165) is 12.1 Å². The van der Waals surface area contributed by atoms with E-state index in [1.54, 1.807) is 13.3 Å². The Bertz CT molecular complexity index is 307. The Labute approximate surface area is 90.9 Å². The molecule has 0 fully saturated rings. The van der Waals surface area contributed by atoms with Crippen molar-refractivity contribution >= 4 is 0 Å². The highest BCUT2D eigenvalue weighted by Gasteiger charge is 2.27. The van der Waals surface area contributed by atoms with Crippen molar-refractivity contribution in [2.75, 3.05) is 7.11 Å². The van der Waals surface area contributed by atoms with E-state index >= 15 is 0 Å².